The van der Waals surface area contributed by atoms with E-state index in [4.69, 9.17) is 15.2 Å². The van der Waals surface area contributed by atoms with Crippen molar-refractivity contribution in [1.29, 1.82) is 0 Å². The highest BCUT2D eigenvalue weighted by atomic mass is 16.6. The summed E-state index contributed by atoms with van der Waals surface area (Å²) in [5.74, 6) is 1.72. The Morgan fingerprint density at radius 3 is 2.80 bits per heavy atom. The van der Waals surface area contributed by atoms with Crippen LogP contribution in [-0.2, 0) is 0 Å². The van der Waals surface area contributed by atoms with Crippen molar-refractivity contribution in [2.75, 3.05) is 13.2 Å². The summed E-state index contributed by atoms with van der Waals surface area (Å²) in [7, 11) is 0. The second kappa shape index (κ2) is 5.03. The van der Waals surface area contributed by atoms with Crippen LogP contribution in [0.25, 0.3) is 0 Å². The van der Waals surface area contributed by atoms with E-state index in [1.165, 1.54) is 0 Å². The third-order valence-corrected chi connectivity index (χ3v) is 2.55. The molecule has 82 valence electrons. The highest BCUT2D eigenvalue weighted by Gasteiger charge is 2.19. The Bertz CT molecular complexity index is 314. The third kappa shape index (κ3) is 2.63. The molecule has 2 N–H and O–H groups in total. The number of ether oxygens (including phenoxy) is 2. The van der Waals surface area contributed by atoms with Crippen LogP contribution in [0.4, 0.5) is 0 Å². The molecule has 15 heavy (non-hydrogen) atoms. The normalized spacial score (nSPS) is 18.9. The van der Waals surface area contributed by atoms with Crippen molar-refractivity contribution in [3.8, 4) is 11.5 Å². The highest BCUT2D eigenvalue weighted by Crippen LogP contribution is 2.31. The standard InChI is InChI=1S/C12H17NO2/c13-8-4-3-5-10-9-14-11-6-1-2-7-12(11)15-10/h1-2,6-7,10H,3-5,8-9,13H2. The van der Waals surface area contributed by atoms with E-state index >= 15 is 0 Å². The van der Waals surface area contributed by atoms with E-state index in [9.17, 15) is 0 Å². The number of hydrogen-bond donors (Lipinski definition) is 1. The Labute approximate surface area is 90.2 Å². The van der Waals surface area contributed by atoms with Gasteiger partial charge in [-0.3, -0.25) is 0 Å². The predicted molar refractivity (Wildman–Crippen MR) is 59.3 cm³/mol. The number of nitrogens with two attached hydrogens (primary N) is 1. The highest BCUT2D eigenvalue weighted by molar-refractivity contribution is 5.40. The molecule has 0 bridgehead atoms. The minimum absolute atomic E-state index is 0.187. The number of rotatable bonds is 4. The molecule has 0 amide bonds. The third-order valence-electron chi connectivity index (χ3n) is 2.55. The zero-order chi connectivity index (χ0) is 10.5. The van der Waals surface area contributed by atoms with Crippen molar-refractivity contribution in [3.63, 3.8) is 0 Å². The average Bonchev–Trinajstić information content (AvgIpc) is 2.29. The molecule has 2 rings (SSSR count). The van der Waals surface area contributed by atoms with Crippen LogP contribution in [0.2, 0.25) is 0 Å². The van der Waals surface area contributed by atoms with Gasteiger partial charge in [-0.15, -0.1) is 0 Å². The molecular weight excluding hydrogens is 190 g/mol. The molecule has 1 aromatic rings. The maximum absolute atomic E-state index is 5.81. The SMILES string of the molecule is NCCCCC1COc2ccccc2O1. The van der Waals surface area contributed by atoms with Gasteiger partial charge in [-0.25, -0.2) is 0 Å². The van der Waals surface area contributed by atoms with Crippen LogP contribution in [0.15, 0.2) is 24.3 Å². The van der Waals surface area contributed by atoms with Gasteiger partial charge in [0.15, 0.2) is 11.5 Å². The summed E-state index contributed by atoms with van der Waals surface area (Å²) in [6.45, 7) is 1.41. The van der Waals surface area contributed by atoms with Crippen LogP contribution in [0.5, 0.6) is 11.5 Å². The first-order chi connectivity index (χ1) is 7.40. The summed E-state index contributed by atoms with van der Waals surface area (Å²) in [5.41, 5.74) is 5.45. The van der Waals surface area contributed by atoms with Gasteiger partial charge in [-0.1, -0.05) is 12.1 Å². The zero-order valence-corrected chi connectivity index (χ0v) is 8.82. The summed E-state index contributed by atoms with van der Waals surface area (Å²) in [6.07, 6.45) is 3.37. The Balaban J connectivity index is 1.88. The molecule has 1 aliphatic heterocycles. The average molecular weight is 207 g/mol. The lowest BCUT2D eigenvalue weighted by Gasteiger charge is -2.26. The second-order valence-corrected chi connectivity index (χ2v) is 3.78. The van der Waals surface area contributed by atoms with E-state index < -0.39 is 0 Å². The van der Waals surface area contributed by atoms with Crippen LogP contribution in [-0.4, -0.2) is 19.3 Å². The van der Waals surface area contributed by atoms with E-state index in [1.54, 1.807) is 0 Å². The minimum atomic E-state index is 0.187. The van der Waals surface area contributed by atoms with Crippen molar-refractivity contribution >= 4 is 0 Å². The molecule has 1 unspecified atom stereocenters. The Kier molecular flexibility index (Phi) is 3.45. The molecule has 3 nitrogen and oxygen atoms in total. The molecule has 1 aromatic carbocycles. The number of unbranched alkanes of at least 4 members (excludes halogenated alkanes) is 1. The summed E-state index contributed by atoms with van der Waals surface area (Å²) >= 11 is 0. The molecule has 0 saturated heterocycles. The first-order valence-electron chi connectivity index (χ1n) is 5.48. The van der Waals surface area contributed by atoms with Gasteiger partial charge < -0.3 is 15.2 Å². The zero-order valence-electron chi connectivity index (χ0n) is 8.82. The van der Waals surface area contributed by atoms with Crippen molar-refractivity contribution in [2.45, 2.75) is 25.4 Å². The van der Waals surface area contributed by atoms with Crippen molar-refractivity contribution in [3.05, 3.63) is 24.3 Å². The van der Waals surface area contributed by atoms with Crippen LogP contribution < -0.4 is 15.2 Å². The first kappa shape index (κ1) is 10.3. The Morgan fingerprint density at radius 1 is 1.20 bits per heavy atom. The summed E-state index contributed by atoms with van der Waals surface area (Å²) < 4.78 is 11.4. The van der Waals surface area contributed by atoms with Crippen LogP contribution >= 0.6 is 0 Å². The number of benzene rings is 1. The molecule has 1 aliphatic rings. The monoisotopic (exact) mass is 207 g/mol. The van der Waals surface area contributed by atoms with Gasteiger partial charge in [0.05, 0.1) is 0 Å². The summed E-state index contributed by atoms with van der Waals surface area (Å²) in [4.78, 5) is 0. The van der Waals surface area contributed by atoms with Crippen LogP contribution in [0.3, 0.4) is 0 Å². The van der Waals surface area contributed by atoms with E-state index in [0.717, 1.165) is 37.3 Å². The number of fused-ring (bicyclic) bond motifs is 1. The predicted octanol–water partition coefficient (Wildman–Crippen LogP) is 1.96. The summed E-state index contributed by atoms with van der Waals surface area (Å²) in [5, 5.41) is 0. The maximum atomic E-state index is 5.81. The van der Waals surface area contributed by atoms with E-state index in [2.05, 4.69) is 0 Å². The van der Waals surface area contributed by atoms with Gasteiger partial charge in [0.1, 0.15) is 12.7 Å². The lowest BCUT2D eigenvalue weighted by atomic mass is 10.1. The van der Waals surface area contributed by atoms with Gasteiger partial charge >= 0.3 is 0 Å². The van der Waals surface area contributed by atoms with Crippen molar-refractivity contribution in [2.24, 2.45) is 5.73 Å². The van der Waals surface area contributed by atoms with Crippen LogP contribution in [0, 0.1) is 0 Å². The van der Waals surface area contributed by atoms with E-state index in [0.29, 0.717) is 6.61 Å². The first-order valence-corrected chi connectivity index (χ1v) is 5.48. The Morgan fingerprint density at radius 2 is 2.00 bits per heavy atom. The molecule has 0 aliphatic carbocycles. The number of para-hydroxylation sites is 2. The fourth-order valence-electron chi connectivity index (χ4n) is 1.72. The lowest BCUT2D eigenvalue weighted by molar-refractivity contribution is 0.0831. The molecule has 3 heteroatoms. The fraction of sp³-hybridized carbons (Fsp3) is 0.500. The topological polar surface area (TPSA) is 44.5 Å². The van der Waals surface area contributed by atoms with Crippen molar-refractivity contribution in [1.82, 2.24) is 0 Å². The largest absolute Gasteiger partial charge is 0.486 e. The van der Waals surface area contributed by atoms with E-state index in [-0.39, 0.29) is 6.10 Å². The molecular formula is C12H17NO2. The van der Waals surface area contributed by atoms with E-state index in [1.807, 2.05) is 24.3 Å². The molecule has 1 heterocycles. The second-order valence-electron chi connectivity index (χ2n) is 3.78. The lowest BCUT2D eigenvalue weighted by Crippen LogP contribution is -2.29. The Hall–Kier alpha value is -1.22. The maximum Gasteiger partial charge on any atom is 0.161 e. The number of hydrogen-bond acceptors (Lipinski definition) is 3. The molecule has 0 saturated carbocycles. The molecule has 0 radical (unpaired) electrons. The molecule has 0 aromatic heterocycles. The van der Waals surface area contributed by atoms with Gasteiger partial charge in [0.25, 0.3) is 0 Å². The molecule has 0 fully saturated rings. The quantitative estimate of drug-likeness (QED) is 0.767. The van der Waals surface area contributed by atoms with Gasteiger partial charge in [-0.05, 0) is 37.9 Å². The van der Waals surface area contributed by atoms with Gasteiger partial charge in [0.2, 0.25) is 0 Å². The molecule has 0 spiro atoms. The van der Waals surface area contributed by atoms with Crippen LogP contribution in [0.1, 0.15) is 19.3 Å². The van der Waals surface area contributed by atoms with Gasteiger partial charge in [-0.2, -0.15) is 0 Å². The van der Waals surface area contributed by atoms with Gasteiger partial charge in [0, 0.05) is 0 Å². The summed E-state index contributed by atoms with van der Waals surface area (Å²) in [6, 6.07) is 7.80. The smallest absolute Gasteiger partial charge is 0.161 e. The van der Waals surface area contributed by atoms with Crippen molar-refractivity contribution < 1.29 is 9.47 Å². The minimum Gasteiger partial charge on any atom is -0.486 e. The molecule has 1 atom stereocenters. The fourth-order valence-corrected chi connectivity index (χ4v) is 1.72.